The molecule has 120 valence electrons. The van der Waals surface area contributed by atoms with E-state index in [1.54, 1.807) is 5.57 Å². The van der Waals surface area contributed by atoms with Gasteiger partial charge in [-0.2, -0.15) is 0 Å². The third kappa shape index (κ3) is 5.05. The van der Waals surface area contributed by atoms with Crippen molar-refractivity contribution in [1.29, 1.82) is 0 Å². The molecule has 0 spiro atoms. The second-order valence-corrected chi connectivity index (χ2v) is 6.80. The molecule has 0 bridgehead atoms. The summed E-state index contributed by atoms with van der Waals surface area (Å²) in [5.74, 6) is 1.51. The number of rotatable bonds is 3. The van der Waals surface area contributed by atoms with Crippen molar-refractivity contribution < 1.29 is 0 Å². The molecular weight excluding hydrogens is 254 g/mol. The molecule has 2 atom stereocenters. The van der Waals surface area contributed by atoms with Crippen molar-refractivity contribution in [3.63, 3.8) is 0 Å². The Morgan fingerprint density at radius 2 is 1.86 bits per heavy atom. The van der Waals surface area contributed by atoms with E-state index in [1.165, 1.54) is 31.4 Å². The van der Waals surface area contributed by atoms with Crippen molar-refractivity contribution in [2.24, 2.45) is 17.3 Å². The number of allylic oxidation sites excluding steroid dienone is 5. The van der Waals surface area contributed by atoms with Gasteiger partial charge in [0.15, 0.2) is 0 Å². The molecule has 1 aliphatic heterocycles. The molecule has 2 unspecified atom stereocenters. The van der Waals surface area contributed by atoms with Gasteiger partial charge in [-0.15, -0.1) is 0 Å². The summed E-state index contributed by atoms with van der Waals surface area (Å²) in [4.78, 5) is 0. The smallest absolute Gasteiger partial charge is 0.0372 e. The van der Waals surface area contributed by atoms with Crippen LogP contribution in [0.5, 0.6) is 0 Å². The summed E-state index contributed by atoms with van der Waals surface area (Å²) in [6.45, 7) is 14.4. The molecule has 0 saturated carbocycles. The van der Waals surface area contributed by atoms with Gasteiger partial charge in [-0.05, 0) is 36.3 Å². The number of nitrogens with one attached hydrogen (secondary N) is 1. The third-order valence-electron chi connectivity index (χ3n) is 4.55. The number of hydrogen-bond donors (Lipinski definition) is 1. The summed E-state index contributed by atoms with van der Waals surface area (Å²) >= 11 is 0. The van der Waals surface area contributed by atoms with E-state index in [0.29, 0.717) is 0 Å². The average molecular weight is 290 g/mol. The second kappa shape index (κ2) is 8.46. The van der Waals surface area contributed by atoms with Crippen LogP contribution in [0.25, 0.3) is 0 Å². The van der Waals surface area contributed by atoms with Gasteiger partial charge in [0, 0.05) is 17.7 Å². The summed E-state index contributed by atoms with van der Waals surface area (Å²) in [5.41, 5.74) is 3.08. The largest absolute Gasteiger partial charge is 0.385 e. The zero-order valence-corrected chi connectivity index (χ0v) is 15.0. The van der Waals surface area contributed by atoms with Crippen molar-refractivity contribution in [3.05, 3.63) is 35.6 Å². The van der Waals surface area contributed by atoms with Crippen molar-refractivity contribution in [1.82, 2.24) is 5.32 Å². The van der Waals surface area contributed by atoms with Gasteiger partial charge in [-0.3, -0.25) is 0 Å². The van der Waals surface area contributed by atoms with Crippen LogP contribution in [0.2, 0.25) is 0 Å². The third-order valence-corrected chi connectivity index (χ3v) is 4.55. The van der Waals surface area contributed by atoms with Gasteiger partial charge < -0.3 is 5.32 Å². The van der Waals surface area contributed by atoms with Gasteiger partial charge in [0.2, 0.25) is 0 Å². The van der Waals surface area contributed by atoms with Gasteiger partial charge in [-0.1, -0.05) is 72.6 Å². The van der Waals surface area contributed by atoms with Crippen LogP contribution in [0.4, 0.5) is 0 Å². The Labute approximate surface area is 132 Å². The molecule has 0 fully saturated rings. The molecule has 1 N–H and O–H groups in total. The van der Waals surface area contributed by atoms with Crippen LogP contribution in [0.15, 0.2) is 35.6 Å². The molecular formula is C20H35N. The fraction of sp³-hybridized carbons (Fsp3) is 0.700. The Balaban J connectivity index is 0.00000106. The highest BCUT2D eigenvalue weighted by molar-refractivity contribution is 5.39. The topological polar surface area (TPSA) is 12.0 Å². The monoisotopic (exact) mass is 289 g/mol. The molecule has 0 aromatic heterocycles. The standard InChI is InChI=1S/C18H29N.C2H6/c1-5-6-7-15-14(2)10-13-19-17-9-12-18(3,4)11-8-16(15)17;1-2/h8-9,11-12,14-15,19H,5-7,10,13H2,1-4H3;1-2H3. The van der Waals surface area contributed by atoms with Crippen molar-refractivity contribution in [3.8, 4) is 0 Å². The Kier molecular flexibility index (Phi) is 7.28. The minimum Gasteiger partial charge on any atom is -0.385 e. The fourth-order valence-electron chi connectivity index (χ4n) is 3.13. The summed E-state index contributed by atoms with van der Waals surface area (Å²) in [6, 6.07) is 0. The first-order chi connectivity index (χ1) is 10.0. The summed E-state index contributed by atoms with van der Waals surface area (Å²) in [7, 11) is 0. The van der Waals surface area contributed by atoms with E-state index in [9.17, 15) is 0 Å². The lowest BCUT2D eigenvalue weighted by Gasteiger charge is -2.23. The zero-order chi connectivity index (χ0) is 15.9. The first-order valence-electron chi connectivity index (χ1n) is 8.90. The average Bonchev–Trinajstić information content (AvgIpc) is 2.71. The number of hydrogen-bond acceptors (Lipinski definition) is 1. The van der Waals surface area contributed by atoms with E-state index >= 15 is 0 Å². The van der Waals surface area contributed by atoms with E-state index in [1.807, 2.05) is 13.8 Å². The fourth-order valence-corrected chi connectivity index (χ4v) is 3.13. The van der Waals surface area contributed by atoms with Crippen LogP contribution in [0.1, 0.15) is 67.2 Å². The van der Waals surface area contributed by atoms with Crippen LogP contribution >= 0.6 is 0 Å². The Morgan fingerprint density at radius 3 is 2.52 bits per heavy atom. The van der Waals surface area contributed by atoms with Crippen LogP contribution in [0.3, 0.4) is 0 Å². The van der Waals surface area contributed by atoms with E-state index in [0.717, 1.165) is 18.4 Å². The Hall–Kier alpha value is -0.980. The molecule has 21 heavy (non-hydrogen) atoms. The maximum atomic E-state index is 3.64. The highest BCUT2D eigenvalue weighted by Gasteiger charge is 2.26. The number of unbranched alkanes of at least 4 members (excludes halogenated alkanes) is 1. The lowest BCUT2D eigenvalue weighted by molar-refractivity contribution is 0.369. The summed E-state index contributed by atoms with van der Waals surface area (Å²) in [5, 5.41) is 3.64. The zero-order valence-electron chi connectivity index (χ0n) is 15.0. The van der Waals surface area contributed by atoms with Crippen LogP contribution < -0.4 is 5.32 Å². The SMILES string of the molecule is CC.CCCCC1C2=C(C=CC(C)(C)C=C2)NCCC1C. The molecule has 2 aliphatic rings. The molecule has 0 aromatic rings. The lowest BCUT2D eigenvalue weighted by Crippen LogP contribution is -2.14. The van der Waals surface area contributed by atoms with E-state index in [4.69, 9.17) is 0 Å². The van der Waals surface area contributed by atoms with Crippen molar-refractivity contribution in [2.75, 3.05) is 6.54 Å². The van der Waals surface area contributed by atoms with Gasteiger partial charge >= 0.3 is 0 Å². The lowest BCUT2D eigenvalue weighted by atomic mass is 9.81. The van der Waals surface area contributed by atoms with Crippen LogP contribution in [0, 0.1) is 17.3 Å². The van der Waals surface area contributed by atoms with E-state index in [-0.39, 0.29) is 5.41 Å². The minimum absolute atomic E-state index is 0.173. The first-order valence-corrected chi connectivity index (χ1v) is 8.90. The molecule has 0 radical (unpaired) electrons. The van der Waals surface area contributed by atoms with Gasteiger partial charge in [-0.25, -0.2) is 0 Å². The highest BCUT2D eigenvalue weighted by Crippen LogP contribution is 2.36. The maximum Gasteiger partial charge on any atom is 0.0372 e. The van der Waals surface area contributed by atoms with Crippen LogP contribution in [-0.2, 0) is 0 Å². The normalized spacial score (nSPS) is 27.0. The summed E-state index contributed by atoms with van der Waals surface area (Å²) in [6.07, 6.45) is 14.6. The van der Waals surface area contributed by atoms with Crippen LogP contribution in [-0.4, -0.2) is 6.54 Å². The highest BCUT2D eigenvalue weighted by atomic mass is 14.9. The molecule has 1 aliphatic carbocycles. The minimum atomic E-state index is 0.173. The van der Waals surface area contributed by atoms with Gasteiger partial charge in [0.05, 0.1) is 0 Å². The molecule has 2 rings (SSSR count). The Bertz CT molecular complexity index is 398. The van der Waals surface area contributed by atoms with Crippen molar-refractivity contribution >= 4 is 0 Å². The van der Waals surface area contributed by atoms with E-state index in [2.05, 4.69) is 57.3 Å². The predicted octanol–water partition coefficient (Wildman–Crippen LogP) is 5.85. The van der Waals surface area contributed by atoms with Gasteiger partial charge in [0.25, 0.3) is 0 Å². The summed E-state index contributed by atoms with van der Waals surface area (Å²) < 4.78 is 0. The molecule has 0 aromatic carbocycles. The Morgan fingerprint density at radius 1 is 1.19 bits per heavy atom. The second-order valence-electron chi connectivity index (χ2n) is 6.80. The maximum absolute atomic E-state index is 3.64. The first kappa shape index (κ1) is 18.1. The van der Waals surface area contributed by atoms with E-state index < -0.39 is 0 Å². The molecule has 0 amide bonds. The molecule has 1 heterocycles. The quantitative estimate of drug-likeness (QED) is 0.686. The predicted molar refractivity (Wildman–Crippen MR) is 95.2 cm³/mol. The molecule has 1 nitrogen and oxygen atoms in total. The molecule has 0 saturated heterocycles. The van der Waals surface area contributed by atoms with Gasteiger partial charge in [0.1, 0.15) is 0 Å². The van der Waals surface area contributed by atoms with Crippen molar-refractivity contribution in [2.45, 2.75) is 67.2 Å². The molecule has 1 heteroatoms.